The Morgan fingerprint density at radius 2 is 1.84 bits per heavy atom. The van der Waals surface area contributed by atoms with Gasteiger partial charge >= 0.3 is 0 Å². The monoisotopic (exact) mass is 347 g/mol. The molecule has 2 aromatic rings. The van der Waals surface area contributed by atoms with E-state index in [1.165, 1.54) is 6.07 Å². The van der Waals surface area contributed by atoms with Gasteiger partial charge in [-0.25, -0.2) is 4.39 Å². The molecule has 0 fully saturated rings. The number of likely N-dealkylation sites (N-methyl/N-ethyl adjacent to an activating group) is 1. The van der Waals surface area contributed by atoms with Gasteiger partial charge in [-0.05, 0) is 37.7 Å². The Hall–Kier alpha value is -1.95. The zero-order chi connectivity index (χ0) is 18.1. The minimum absolute atomic E-state index is 0.159. The van der Waals surface area contributed by atoms with Crippen LogP contribution in [0.1, 0.15) is 18.1 Å². The maximum absolute atomic E-state index is 13.5. The lowest BCUT2D eigenvalue weighted by atomic mass is 10.2. The third kappa shape index (κ3) is 6.82. The van der Waals surface area contributed by atoms with E-state index in [9.17, 15) is 9.50 Å². The predicted octanol–water partition coefficient (Wildman–Crippen LogP) is 3.23. The van der Waals surface area contributed by atoms with Crippen molar-refractivity contribution in [3.05, 3.63) is 65.5 Å². The second-order valence-electron chi connectivity index (χ2n) is 6.03. The Morgan fingerprint density at radius 1 is 1.12 bits per heavy atom. The molecule has 2 rings (SSSR count). The van der Waals surface area contributed by atoms with Gasteiger partial charge in [0.25, 0.3) is 0 Å². The topological polar surface area (TPSA) is 41.9 Å². The first-order valence-corrected chi connectivity index (χ1v) is 8.48. The lowest BCUT2D eigenvalue weighted by molar-refractivity contribution is 0.0119. The average molecular weight is 347 g/mol. The highest BCUT2D eigenvalue weighted by Crippen LogP contribution is 2.13. The van der Waals surface area contributed by atoms with Gasteiger partial charge in [0.05, 0.1) is 25.9 Å². The molecule has 0 aliphatic heterocycles. The molecule has 25 heavy (non-hydrogen) atoms. The van der Waals surface area contributed by atoms with Gasteiger partial charge in [-0.1, -0.05) is 30.3 Å². The predicted molar refractivity (Wildman–Crippen MR) is 96.0 cm³/mol. The van der Waals surface area contributed by atoms with E-state index >= 15 is 0 Å². The SMILES string of the molecule is CCOc1ccc(CN(C)CC(O)COCc2ccccc2F)cc1. The van der Waals surface area contributed by atoms with Crippen molar-refractivity contribution in [1.82, 2.24) is 4.90 Å². The molecule has 0 amide bonds. The van der Waals surface area contributed by atoms with Crippen LogP contribution in [-0.2, 0) is 17.9 Å². The van der Waals surface area contributed by atoms with E-state index < -0.39 is 6.10 Å². The van der Waals surface area contributed by atoms with Gasteiger partial charge in [-0.2, -0.15) is 0 Å². The van der Waals surface area contributed by atoms with E-state index in [1.807, 2.05) is 43.1 Å². The summed E-state index contributed by atoms with van der Waals surface area (Å²) in [4.78, 5) is 2.02. The standard InChI is InChI=1S/C20H26FNO3/c1-3-25-19-10-8-16(9-11-19)12-22(2)13-18(23)15-24-14-17-6-4-5-7-20(17)21/h4-11,18,23H,3,12-15H2,1-2H3. The summed E-state index contributed by atoms with van der Waals surface area (Å²) in [5.41, 5.74) is 1.64. The number of ether oxygens (including phenoxy) is 2. The molecular formula is C20H26FNO3. The van der Waals surface area contributed by atoms with Crippen molar-refractivity contribution in [1.29, 1.82) is 0 Å². The highest BCUT2D eigenvalue weighted by atomic mass is 19.1. The highest BCUT2D eigenvalue weighted by molar-refractivity contribution is 5.27. The van der Waals surface area contributed by atoms with Crippen LogP contribution in [0, 0.1) is 5.82 Å². The van der Waals surface area contributed by atoms with Crippen LogP contribution in [0.4, 0.5) is 4.39 Å². The first kappa shape index (κ1) is 19.4. The zero-order valence-corrected chi connectivity index (χ0v) is 14.8. The number of halogens is 1. The number of rotatable bonds is 10. The molecule has 136 valence electrons. The minimum Gasteiger partial charge on any atom is -0.494 e. The number of nitrogens with zero attached hydrogens (tertiary/aromatic N) is 1. The Bertz CT molecular complexity index is 633. The Morgan fingerprint density at radius 3 is 2.52 bits per heavy atom. The van der Waals surface area contributed by atoms with Crippen LogP contribution >= 0.6 is 0 Å². The molecule has 0 saturated heterocycles. The summed E-state index contributed by atoms with van der Waals surface area (Å²) in [6.07, 6.45) is -0.625. The molecule has 0 aromatic heterocycles. The molecule has 0 spiro atoms. The first-order chi connectivity index (χ1) is 12.1. The summed E-state index contributed by atoms with van der Waals surface area (Å²) < 4.78 is 24.3. The van der Waals surface area contributed by atoms with Gasteiger partial charge in [-0.15, -0.1) is 0 Å². The van der Waals surface area contributed by atoms with Crippen LogP contribution in [0.3, 0.4) is 0 Å². The fourth-order valence-corrected chi connectivity index (χ4v) is 2.57. The van der Waals surface area contributed by atoms with E-state index in [2.05, 4.69) is 0 Å². The zero-order valence-electron chi connectivity index (χ0n) is 14.8. The van der Waals surface area contributed by atoms with Crippen molar-refractivity contribution in [3.63, 3.8) is 0 Å². The summed E-state index contributed by atoms with van der Waals surface area (Å²) in [5.74, 6) is 0.570. The molecule has 4 nitrogen and oxygen atoms in total. The summed E-state index contributed by atoms with van der Waals surface area (Å²) in [5, 5.41) is 10.1. The maximum atomic E-state index is 13.5. The second-order valence-corrected chi connectivity index (χ2v) is 6.03. The van der Waals surface area contributed by atoms with Crippen molar-refractivity contribution in [2.24, 2.45) is 0 Å². The van der Waals surface area contributed by atoms with Crippen LogP contribution in [0.15, 0.2) is 48.5 Å². The smallest absolute Gasteiger partial charge is 0.128 e. The molecule has 1 atom stereocenters. The molecule has 0 heterocycles. The summed E-state index contributed by atoms with van der Waals surface area (Å²) >= 11 is 0. The van der Waals surface area contributed by atoms with Crippen molar-refractivity contribution >= 4 is 0 Å². The number of aliphatic hydroxyl groups excluding tert-OH is 1. The highest BCUT2D eigenvalue weighted by Gasteiger charge is 2.10. The van der Waals surface area contributed by atoms with Gasteiger partial charge in [0.15, 0.2) is 0 Å². The molecule has 0 radical (unpaired) electrons. The van der Waals surface area contributed by atoms with Crippen molar-refractivity contribution < 1.29 is 19.0 Å². The number of aliphatic hydroxyl groups is 1. The van der Waals surface area contributed by atoms with Crippen LogP contribution in [0.25, 0.3) is 0 Å². The Balaban J connectivity index is 1.70. The van der Waals surface area contributed by atoms with E-state index in [0.29, 0.717) is 18.7 Å². The number of hydrogen-bond donors (Lipinski definition) is 1. The fraction of sp³-hybridized carbons (Fsp3) is 0.400. The minimum atomic E-state index is -0.625. The molecule has 5 heteroatoms. The molecule has 1 N–H and O–H groups in total. The molecule has 0 aliphatic carbocycles. The molecule has 0 aliphatic rings. The third-order valence-corrected chi connectivity index (χ3v) is 3.73. The molecule has 2 aromatic carbocycles. The summed E-state index contributed by atoms with van der Waals surface area (Å²) in [6, 6.07) is 14.4. The normalized spacial score (nSPS) is 12.4. The quantitative estimate of drug-likeness (QED) is 0.716. The second kappa shape index (κ2) is 10.1. The summed E-state index contributed by atoms with van der Waals surface area (Å²) in [7, 11) is 1.94. The summed E-state index contributed by atoms with van der Waals surface area (Å²) in [6.45, 7) is 4.13. The number of benzene rings is 2. The van der Waals surface area contributed by atoms with Gasteiger partial charge < -0.3 is 14.6 Å². The third-order valence-electron chi connectivity index (χ3n) is 3.73. The lowest BCUT2D eigenvalue weighted by Crippen LogP contribution is -2.31. The van der Waals surface area contributed by atoms with E-state index in [-0.39, 0.29) is 19.0 Å². The molecule has 1 unspecified atom stereocenters. The van der Waals surface area contributed by atoms with Crippen LogP contribution < -0.4 is 4.74 Å². The van der Waals surface area contributed by atoms with Gasteiger partial charge in [-0.3, -0.25) is 4.90 Å². The van der Waals surface area contributed by atoms with Gasteiger partial charge in [0.2, 0.25) is 0 Å². The van der Waals surface area contributed by atoms with Crippen molar-refractivity contribution in [2.75, 3.05) is 26.8 Å². The lowest BCUT2D eigenvalue weighted by Gasteiger charge is -2.21. The van der Waals surface area contributed by atoms with Gasteiger partial charge in [0, 0.05) is 18.7 Å². The van der Waals surface area contributed by atoms with Crippen LogP contribution in [0.2, 0.25) is 0 Å². The maximum Gasteiger partial charge on any atom is 0.128 e. The van der Waals surface area contributed by atoms with Crippen molar-refractivity contribution in [3.8, 4) is 5.75 Å². The molecular weight excluding hydrogens is 321 g/mol. The van der Waals surface area contributed by atoms with Crippen LogP contribution in [-0.4, -0.2) is 42.9 Å². The average Bonchev–Trinajstić information content (AvgIpc) is 2.58. The van der Waals surface area contributed by atoms with Gasteiger partial charge in [0.1, 0.15) is 11.6 Å². The van der Waals surface area contributed by atoms with E-state index in [0.717, 1.165) is 17.9 Å². The first-order valence-electron chi connectivity index (χ1n) is 8.48. The van der Waals surface area contributed by atoms with Crippen molar-refractivity contribution in [2.45, 2.75) is 26.2 Å². The fourth-order valence-electron chi connectivity index (χ4n) is 2.57. The van der Waals surface area contributed by atoms with Crippen LogP contribution in [0.5, 0.6) is 5.75 Å². The molecule has 0 bridgehead atoms. The molecule has 0 saturated carbocycles. The largest absolute Gasteiger partial charge is 0.494 e. The number of hydrogen-bond acceptors (Lipinski definition) is 4. The van der Waals surface area contributed by atoms with E-state index in [1.54, 1.807) is 18.2 Å². The van der Waals surface area contributed by atoms with E-state index in [4.69, 9.17) is 9.47 Å². The Labute approximate surface area is 148 Å². The Kier molecular flexibility index (Phi) is 7.85.